The second-order valence-electron chi connectivity index (χ2n) is 3.18. The summed E-state index contributed by atoms with van der Waals surface area (Å²) in [6.45, 7) is 3.09. The molecule has 0 bridgehead atoms. The SMILES string of the molecule is CCOC(=O)c1c(OC(F)(F)F)cnc(I)c1C. The second-order valence-corrected chi connectivity index (χ2v) is 4.20. The van der Waals surface area contributed by atoms with Crippen molar-refractivity contribution in [1.29, 1.82) is 0 Å². The van der Waals surface area contributed by atoms with Gasteiger partial charge in [-0.3, -0.25) is 0 Å². The van der Waals surface area contributed by atoms with E-state index in [9.17, 15) is 18.0 Å². The highest BCUT2D eigenvalue weighted by Gasteiger charge is 2.34. The fourth-order valence-electron chi connectivity index (χ4n) is 1.22. The van der Waals surface area contributed by atoms with E-state index in [4.69, 9.17) is 4.74 Å². The summed E-state index contributed by atoms with van der Waals surface area (Å²) >= 11 is 1.81. The van der Waals surface area contributed by atoms with E-state index < -0.39 is 18.1 Å². The van der Waals surface area contributed by atoms with E-state index in [-0.39, 0.29) is 17.7 Å². The number of hydrogen-bond acceptors (Lipinski definition) is 4. The fourth-order valence-corrected chi connectivity index (χ4v) is 1.63. The Hall–Kier alpha value is -1.06. The number of pyridine rings is 1. The van der Waals surface area contributed by atoms with Gasteiger partial charge in [-0.2, -0.15) is 0 Å². The number of rotatable bonds is 3. The van der Waals surface area contributed by atoms with Gasteiger partial charge >= 0.3 is 12.3 Å². The summed E-state index contributed by atoms with van der Waals surface area (Å²) in [5.41, 5.74) is 0.0318. The number of nitrogens with zero attached hydrogens (tertiary/aromatic N) is 1. The summed E-state index contributed by atoms with van der Waals surface area (Å²) in [4.78, 5) is 15.3. The zero-order valence-electron chi connectivity index (χ0n) is 9.47. The van der Waals surface area contributed by atoms with Crippen LogP contribution in [0, 0.1) is 10.6 Å². The molecule has 1 heterocycles. The van der Waals surface area contributed by atoms with Gasteiger partial charge in [-0.25, -0.2) is 9.78 Å². The summed E-state index contributed by atoms with van der Waals surface area (Å²) in [5.74, 6) is -1.52. The van der Waals surface area contributed by atoms with Crippen molar-refractivity contribution in [2.45, 2.75) is 20.2 Å². The Balaban J connectivity index is 3.25. The minimum atomic E-state index is -4.89. The van der Waals surface area contributed by atoms with E-state index in [0.29, 0.717) is 3.70 Å². The van der Waals surface area contributed by atoms with Crippen molar-refractivity contribution >= 4 is 28.6 Å². The van der Waals surface area contributed by atoms with Crippen LogP contribution in [0.1, 0.15) is 22.8 Å². The Bertz CT molecular complexity index is 462. The smallest absolute Gasteiger partial charge is 0.462 e. The molecule has 0 spiro atoms. The lowest BCUT2D eigenvalue weighted by Gasteiger charge is -2.14. The van der Waals surface area contributed by atoms with Crippen LogP contribution in [-0.4, -0.2) is 23.9 Å². The van der Waals surface area contributed by atoms with Gasteiger partial charge in [0.1, 0.15) is 9.26 Å². The predicted molar refractivity (Wildman–Crippen MR) is 64.3 cm³/mol. The summed E-state index contributed by atoms with van der Waals surface area (Å²) in [6, 6.07) is 0. The van der Waals surface area contributed by atoms with Gasteiger partial charge in [-0.05, 0) is 42.0 Å². The first-order valence-corrected chi connectivity index (χ1v) is 5.92. The van der Waals surface area contributed by atoms with Gasteiger partial charge in [-0.1, -0.05) is 0 Å². The molecule has 0 aliphatic carbocycles. The number of carbonyl (C=O) groups excluding carboxylic acids is 1. The van der Waals surface area contributed by atoms with Gasteiger partial charge < -0.3 is 9.47 Å². The van der Waals surface area contributed by atoms with Gasteiger partial charge in [0.25, 0.3) is 0 Å². The Morgan fingerprint density at radius 3 is 2.61 bits per heavy atom. The molecule has 0 fully saturated rings. The third-order valence-corrected chi connectivity index (χ3v) is 3.02. The Morgan fingerprint density at radius 2 is 2.11 bits per heavy atom. The summed E-state index contributed by atoms with van der Waals surface area (Å²) in [7, 11) is 0. The maximum absolute atomic E-state index is 12.2. The Morgan fingerprint density at radius 1 is 1.50 bits per heavy atom. The highest BCUT2D eigenvalue weighted by Crippen LogP contribution is 2.30. The van der Waals surface area contributed by atoms with Gasteiger partial charge in [0.15, 0.2) is 5.75 Å². The molecule has 4 nitrogen and oxygen atoms in total. The first-order valence-electron chi connectivity index (χ1n) is 4.84. The molecule has 0 saturated carbocycles. The molecule has 0 unspecified atom stereocenters. The fraction of sp³-hybridized carbons (Fsp3) is 0.400. The molecule has 0 amide bonds. The zero-order valence-corrected chi connectivity index (χ0v) is 11.6. The van der Waals surface area contributed by atoms with E-state index in [1.165, 1.54) is 6.92 Å². The van der Waals surface area contributed by atoms with E-state index in [0.717, 1.165) is 6.20 Å². The van der Waals surface area contributed by atoms with E-state index in [1.807, 2.05) is 22.6 Å². The standard InChI is InChI=1S/C10H9F3INO3/c1-3-17-9(16)7-5(2)8(14)15-4-6(7)18-10(11,12)13/h4H,3H2,1-2H3. The molecule has 18 heavy (non-hydrogen) atoms. The van der Waals surface area contributed by atoms with Gasteiger partial charge in [0.05, 0.1) is 12.8 Å². The van der Waals surface area contributed by atoms with Crippen molar-refractivity contribution in [3.05, 3.63) is 21.0 Å². The summed E-state index contributed by atoms with van der Waals surface area (Å²) < 4.78 is 45.5. The van der Waals surface area contributed by atoms with Crippen LogP contribution in [0.5, 0.6) is 5.75 Å². The summed E-state index contributed by atoms with van der Waals surface area (Å²) in [6.07, 6.45) is -4.03. The van der Waals surface area contributed by atoms with E-state index in [1.54, 1.807) is 6.92 Å². The van der Waals surface area contributed by atoms with Crippen molar-refractivity contribution < 1.29 is 27.4 Å². The number of esters is 1. The minimum absolute atomic E-state index is 0.0582. The average molecular weight is 375 g/mol. The second kappa shape index (κ2) is 5.72. The van der Waals surface area contributed by atoms with Crippen LogP contribution in [-0.2, 0) is 4.74 Å². The normalized spacial score (nSPS) is 11.2. The third kappa shape index (κ3) is 3.72. The minimum Gasteiger partial charge on any atom is -0.462 e. The van der Waals surface area contributed by atoms with Gasteiger partial charge in [0.2, 0.25) is 0 Å². The quantitative estimate of drug-likeness (QED) is 0.463. The first kappa shape index (κ1) is 15.0. The van der Waals surface area contributed by atoms with Crippen LogP contribution >= 0.6 is 22.6 Å². The number of hydrogen-bond donors (Lipinski definition) is 0. The Labute approximate surface area is 115 Å². The van der Waals surface area contributed by atoms with Crippen molar-refractivity contribution in [3.8, 4) is 5.75 Å². The lowest BCUT2D eigenvalue weighted by molar-refractivity contribution is -0.274. The van der Waals surface area contributed by atoms with Crippen LogP contribution in [0.15, 0.2) is 6.20 Å². The molecule has 0 saturated heterocycles. The lowest BCUT2D eigenvalue weighted by Crippen LogP contribution is -2.21. The third-order valence-electron chi connectivity index (χ3n) is 1.93. The van der Waals surface area contributed by atoms with Crippen LogP contribution in [0.4, 0.5) is 13.2 Å². The average Bonchev–Trinajstić information content (AvgIpc) is 2.22. The molecule has 0 N–H and O–H groups in total. The molecule has 0 atom stereocenters. The molecular weight excluding hydrogens is 366 g/mol. The lowest BCUT2D eigenvalue weighted by atomic mass is 10.1. The monoisotopic (exact) mass is 375 g/mol. The summed E-state index contributed by atoms with van der Waals surface area (Å²) in [5, 5.41) is 0. The zero-order chi connectivity index (χ0) is 13.9. The number of ether oxygens (including phenoxy) is 2. The van der Waals surface area contributed by atoms with Crippen molar-refractivity contribution in [2.75, 3.05) is 6.61 Å². The maximum atomic E-state index is 12.2. The molecule has 0 aliphatic heterocycles. The highest BCUT2D eigenvalue weighted by molar-refractivity contribution is 14.1. The first-order chi connectivity index (χ1) is 8.26. The number of carbonyl (C=O) groups is 1. The van der Waals surface area contributed by atoms with Crippen molar-refractivity contribution in [3.63, 3.8) is 0 Å². The molecule has 0 aromatic carbocycles. The molecule has 8 heteroatoms. The molecule has 1 aromatic rings. The van der Waals surface area contributed by atoms with E-state index in [2.05, 4.69) is 9.72 Å². The largest absolute Gasteiger partial charge is 0.573 e. The molecule has 1 rings (SSSR count). The van der Waals surface area contributed by atoms with Crippen LogP contribution in [0.3, 0.4) is 0 Å². The van der Waals surface area contributed by atoms with Crippen molar-refractivity contribution in [1.82, 2.24) is 4.98 Å². The highest BCUT2D eigenvalue weighted by atomic mass is 127. The molecule has 100 valence electrons. The van der Waals surface area contributed by atoms with Gasteiger partial charge in [0, 0.05) is 0 Å². The van der Waals surface area contributed by atoms with Crippen LogP contribution in [0.2, 0.25) is 0 Å². The van der Waals surface area contributed by atoms with Crippen molar-refractivity contribution in [2.24, 2.45) is 0 Å². The number of alkyl halides is 3. The van der Waals surface area contributed by atoms with Gasteiger partial charge in [-0.15, -0.1) is 13.2 Å². The van der Waals surface area contributed by atoms with Crippen LogP contribution in [0.25, 0.3) is 0 Å². The molecule has 0 radical (unpaired) electrons. The molecule has 1 aromatic heterocycles. The maximum Gasteiger partial charge on any atom is 0.573 e. The number of halogens is 4. The predicted octanol–water partition coefficient (Wildman–Crippen LogP) is 3.07. The Kier molecular flexibility index (Phi) is 4.77. The van der Waals surface area contributed by atoms with E-state index >= 15 is 0 Å². The topological polar surface area (TPSA) is 48.4 Å². The van der Waals surface area contributed by atoms with Crippen LogP contribution < -0.4 is 4.74 Å². The number of aromatic nitrogens is 1. The molecular formula is C10H9F3INO3. The molecule has 0 aliphatic rings.